The molecule has 18 heavy (non-hydrogen) atoms. The Morgan fingerprint density at radius 3 is 2.83 bits per heavy atom. The highest BCUT2D eigenvalue weighted by Crippen LogP contribution is 2.22. The van der Waals surface area contributed by atoms with Gasteiger partial charge in [-0.1, -0.05) is 19.1 Å². The van der Waals surface area contributed by atoms with Gasteiger partial charge in [-0.15, -0.1) is 0 Å². The third-order valence-corrected chi connectivity index (χ3v) is 4.73. The quantitative estimate of drug-likeness (QED) is 0.821. The summed E-state index contributed by atoms with van der Waals surface area (Å²) in [6.45, 7) is 3.57. The van der Waals surface area contributed by atoms with Gasteiger partial charge in [0.1, 0.15) is 4.90 Å². The zero-order valence-electron chi connectivity index (χ0n) is 10.4. The monoisotopic (exact) mass is 270 g/mol. The van der Waals surface area contributed by atoms with Crippen LogP contribution >= 0.6 is 0 Å². The van der Waals surface area contributed by atoms with Crippen LogP contribution in [0.1, 0.15) is 19.8 Å². The second-order valence-electron chi connectivity index (χ2n) is 4.26. The Balaban J connectivity index is 2.31. The number of rotatable bonds is 4. The van der Waals surface area contributed by atoms with E-state index in [1.54, 1.807) is 4.68 Å². The zero-order chi connectivity index (χ0) is 13.2. The molecule has 0 aliphatic carbocycles. The average Bonchev–Trinajstić information content (AvgIpc) is 2.73. The number of aryl methyl sites for hydroxylation is 1. The molecule has 7 heteroatoms. The second-order valence-corrected chi connectivity index (χ2v) is 6.17. The molecule has 1 aromatic heterocycles. The Kier molecular flexibility index (Phi) is 3.72. The molecule has 0 aromatic carbocycles. The number of nitrogens with zero attached hydrogens (tertiary/aromatic N) is 3. The van der Waals surface area contributed by atoms with Crippen molar-refractivity contribution in [2.45, 2.75) is 31.2 Å². The minimum absolute atomic E-state index is 0.0815. The zero-order valence-corrected chi connectivity index (χ0v) is 11.2. The lowest BCUT2D eigenvalue weighted by Crippen LogP contribution is -2.34. The summed E-state index contributed by atoms with van der Waals surface area (Å²) in [5.41, 5.74) is 5.71. The molecule has 2 rings (SSSR count). The van der Waals surface area contributed by atoms with E-state index in [1.807, 2.05) is 19.1 Å². The van der Waals surface area contributed by atoms with Crippen molar-refractivity contribution >= 4 is 15.8 Å². The van der Waals surface area contributed by atoms with Gasteiger partial charge in [-0.2, -0.15) is 9.40 Å². The van der Waals surface area contributed by atoms with Crippen molar-refractivity contribution in [1.29, 1.82) is 0 Å². The van der Waals surface area contributed by atoms with Gasteiger partial charge in [-0.3, -0.25) is 4.68 Å². The molecule has 0 radical (unpaired) electrons. The van der Waals surface area contributed by atoms with Crippen molar-refractivity contribution in [2.24, 2.45) is 0 Å². The summed E-state index contributed by atoms with van der Waals surface area (Å²) in [5.74, 6) is 0.0815. The van der Waals surface area contributed by atoms with E-state index in [4.69, 9.17) is 5.73 Å². The van der Waals surface area contributed by atoms with Crippen LogP contribution in [0, 0.1) is 0 Å². The van der Waals surface area contributed by atoms with E-state index in [2.05, 4.69) is 5.10 Å². The first-order chi connectivity index (χ1) is 8.55. The fourth-order valence-electron chi connectivity index (χ4n) is 1.94. The molecule has 1 aromatic rings. The first-order valence-corrected chi connectivity index (χ1v) is 7.47. The number of nitrogens with two attached hydrogens (primary N) is 1. The van der Waals surface area contributed by atoms with E-state index in [9.17, 15) is 8.42 Å². The number of sulfonamides is 1. The number of hydrogen-bond donors (Lipinski definition) is 1. The minimum atomic E-state index is -3.52. The Morgan fingerprint density at radius 2 is 2.22 bits per heavy atom. The maximum Gasteiger partial charge on any atom is 0.248 e. The van der Waals surface area contributed by atoms with E-state index in [-0.39, 0.29) is 10.7 Å². The molecule has 6 nitrogen and oxygen atoms in total. The lowest BCUT2D eigenvalue weighted by Gasteiger charge is -2.21. The summed E-state index contributed by atoms with van der Waals surface area (Å²) in [6, 6.07) is 0. The van der Waals surface area contributed by atoms with Crippen LogP contribution in [0.25, 0.3) is 0 Å². The molecule has 100 valence electrons. The molecule has 0 spiro atoms. The van der Waals surface area contributed by atoms with Crippen LogP contribution < -0.4 is 5.73 Å². The van der Waals surface area contributed by atoms with Crippen molar-refractivity contribution in [1.82, 2.24) is 14.1 Å². The molecular formula is C11H18N4O2S. The fraction of sp³-hybridized carbons (Fsp3) is 0.545. The number of anilines is 1. The Hall–Kier alpha value is -1.34. The van der Waals surface area contributed by atoms with Crippen LogP contribution in [0.4, 0.5) is 5.82 Å². The van der Waals surface area contributed by atoms with E-state index in [1.165, 1.54) is 10.5 Å². The van der Waals surface area contributed by atoms with E-state index < -0.39 is 10.0 Å². The van der Waals surface area contributed by atoms with Gasteiger partial charge in [-0.05, 0) is 12.8 Å². The molecule has 0 fully saturated rings. The SMILES string of the molecule is CCCn1cc(S(=O)(=O)N2CC=CCC2)c(N)n1. The van der Waals surface area contributed by atoms with Gasteiger partial charge in [-0.25, -0.2) is 8.42 Å². The highest BCUT2D eigenvalue weighted by molar-refractivity contribution is 7.89. The summed E-state index contributed by atoms with van der Waals surface area (Å²) in [6.07, 6.45) is 6.98. The van der Waals surface area contributed by atoms with Crippen molar-refractivity contribution in [2.75, 3.05) is 18.8 Å². The van der Waals surface area contributed by atoms with E-state index >= 15 is 0 Å². The molecular weight excluding hydrogens is 252 g/mol. The first kappa shape index (κ1) is 13.1. The van der Waals surface area contributed by atoms with Crippen LogP contribution in [-0.4, -0.2) is 35.6 Å². The Bertz CT molecular complexity index is 547. The highest BCUT2D eigenvalue weighted by Gasteiger charge is 2.28. The molecule has 0 bridgehead atoms. The largest absolute Gasteiger partial charge is 0.381 e. The standard InChI is InChI=1S/C11H18N4O2S/c1-2-6-14-9-10(11(12)13-14)18(16,17)15-7-4-3-5-8-15/h3-4,9H,2,5-8H2,1H3,(H2,12,13). The predicted octanol–water partition coefficient (Wildman–Crippen LogP) is 0.826. The van der Waals surface area contributed by atoms with Crippen molar-refractivity contribution in [3.8, 4) is 0 Å². The van der Waals surface area contributed by atoms with Gasteiger partial charge in [0.2, 0.25) is 10.0 Å². The lowest BCUT2D eigenvalue weighted by atomic mass is 10.3. The number of aromatic nitrogens is 2. The Morgan fingerprint density at radius 1 is 1.44 bits per heavy atom. The summed E-state index contributed by atoms with van der Waals surface area (Å²) < 4.78 is 27.8. The van der Waals surface area contributed by atoms with Crippen LogP contribution in [0.3, 0.4) is 0 Å². The average molecular weight is 270 g/mol. The van der Waals surface area contributed by atoms with Crippen molar-refractivity contribution < 1.29 is 8.42 Å². The van der Waals surface area contributed by atoms with Crippen LogP contribution in [0.5, 0.6) is 0 Å². The number of nitrogen functional groups attached to an aromatic ring is 1. The molecule has 2 N–H and O–H groups in total. The summed E-state index contributed by atoms with van der Waals surface area (Å²) in [5, 5.41) is 4.03. The smallest absolute Gasteiger partial charge is 0.248 e. The van der Waals surface area contributed by atoms with Crippen LogP contribution in [0.2, 0.25) is 0 Å². The van der Waals surface area contributed by atoms with E-state index in [0.717, 1.165) is 12.8 Å². The molecule has 0 unspecified atom stereocenters. The maximum absolute atomic E-state index is 12.4. The summed E-state index contributed by atoms with van der Waals surface area (Å²) in [4.78, 5) is 0.117. The topological polar surface area (TPSA) is 81.2 Å². The molecule has 0 atom stereocenters. The molecule has 0 saturated carbocycles. The fourth-order valence-corrected chi connectivity index (χ4v) is 3.40. The van der Waals surface area contributed by atoms with Crippen LogP contribution in [-0.2, 0) is 16.6 Å². The third-order valence-electron chi connectivity index (χ3n) is 2.85. The normalized spacial score (nSPS) is 17.2. The van der Waals surface area contributed by atoms with Gasteiger partial charge in [0, 0.05) is 25.8 Å². The van der Waals surface area contributed by atoms with Crippen molar-refractivity contribution in [3.05, 3.63) is 18.3 Å². The Labute approximate surface area is 107 Å². The van der Waals surface area contributed by atoms with Gasteiger partial charge >= 0.3 is 0 Å². The third kappa shape index (κ3) is 2.41. The molecule has 1 aliphatic heterocycles. The predicted molar refractivity (Wildman–Crippen MR) is 69.4 cm³/mol. The molecule has 2 heterocycles. The van der Waals surface area contributed by atoms with Crippen molar-refractivity contribution in [3.63, 3.8) is 0 Å². The summed E-state index contributed by atoms with van der Waals surface area (Å²) >= 11 is 0. The molecule has 0 amide bonds. The highest BCUT2D eigenvalue weighted by atomic mass is 32.2. The molecule has 1 aliphatic rings. The number of hydrogen-bond acceptors (Lipinski definition) is 4. The summed E-state index contributed by atoms with van der Waals surface area (Å²) in [7, 11) is -3.52. The van der Waals surface area contributed by atoms with Gasteiger partial charge in [0.15, 0.2) is 5.82 Å². The van der Waals surface area contributed by atoms with Gasteiger partial charge < -0.3 is 5.73 Å². The van der Waals surface area contributed by atoms with Gasteiger partial charge in [0.25, 0.3) is 0 Å². The first-order valence-electron chi connectivity index (χ1n) is 6.03. The van der Waals surface area contributed by atoms with E-state index in [0.29, 0.717) is 19.6 Å². The molecule has 0 saturated heterocycles. The minimum Gasteiger partial charge on any atom is -0.381 e. The maximum atomic E-state index is 12.4. The lowest BCUT2D eigenvalue weighted by molar-refractivity contribution is 0.437. The van der Waals surface area contributed by atoms with Gasteiger partial charge in [0.05, 0.1) is 0 Å². The van der Waals surface area contributed by atoms with Crippen LogP contribution in [0.15, 0.2) is 23.2 Å². The second kappa shape index (κ2) is 5.11.